The molecule has 3 rings (SSSR count). The van der Waals surface area contributed by atoms with E-state index in [1.807, 2.05) is 12.4 Å². The van der Waals surface area contributed by atoms with Crippen LogP contribution in [-0.2, 0) is 13.0 Å². The van der Waals surface area contributed by atoms with E-state index in [1.54, 1.807) is 7.11 Å². The molecule has 0 amide bonds. The minimum atomic E-state index is 0.886. The number of pyridine rings is 1. The smallest absolute Gasteiger partial charge is 0.123 e. The molecular formula is C15H16N2O. The van der Waals surface area contributed by atoms with Gasteiger partial charge in [-0.3, -0.25) is 4.98 Å². The number of rotatable bonds is 2. The van der Waals surface area contributed by atoms with Gasteiger partial charge in [0.2, 0.25) is 0 Å². The third kappa shape index (κ3) is 1.87. The molecule has 2 heterocycles. The van der Waals surface area contributed by atoms with Gasteiger partial charge in [-0.15, -0.1) is 0 Å². The first-order valence-electron chi connectivity index (χ1n) is 6.20. The highest BCUT2D eigenvalue weighted by atomic mass is 16.5. The summed E-state index contributed by atoms with van der Waals surface area (Å²) in [5.41, 5.74) is 5.22. The first-order valence-corrected chi connectivity index (χ1v) is 6.20. The van der Waals surface area contributed by atoms with Gasteiger partial charge in [0, 0.05) is 24.5 Å². The largest absolute Gasteiger partial charge is 0.496 e. The van der Waals surface area contributed by atoms with Crippen molar-refractivity contribution in [1.29, 1.82) is 0 Å². The highest BCUT2D eigenvalue weighted by molar-refractivity contribution is 5.70. The zero-order valence-electron chi connectivity index (χ0n) is 10.4. The minimum Gasteiger partial charge on any atom is -0.496 e. The molecule has 92 valence electrons. The Kier molecular flexibility index (Phi) is 2.99. The molecule has 3 heteroatoms. The zero-order chi connectivity index (χ0) is 12.4. The lowest BCUT2D eigenvalue weighted by Crippen LogP contribution is -2.24. The van der Waals surface area contributed by atoms with Crippen LogP contribution in [-0.4, -0.2) is 18.6 Å². The van der Waals surface area contributed by atoms with Gasteiger partial charge in [-0.05, 0) is 47.9 Å². The lowest BCUT2D eigenvalue weighted by atomic mass is 9.91. The molecule has 1 N–H and O–H groups in total. The van der Waals surface area contributed by atoms with Crippen LogP contribution in [0.3, 0.4) is 0 Å². The van der Waals surface area contributed by atoms with Gasteiger partial charge in [-0.1, -0.05) is 6.07 Å². The van der Waals surface area contributed by atoms with Gasteiger partial charge in [0.15, 0.2) is 0 Å². The fourth-order valence-corrected chi connectivity index (χ4v) is 2.57. The zero-order valence-corrected chi connectivity index (χ0v) is 10.4. The van der Waals surface area contributed by atoms with Gasteiger partial charge in [0.25, 0.3) is 0 Å². The average molecular weight is 240 g/mol. The average Bonchev–Trinajstić information content (AvgIpc) is 2.47. The maximum absolute atomic E-state index is 5.45. The number of aromatic nitrogens is 1. The molecule has 3 nitrogen and oxygen atoms in total. The van der Waals surface area contributed by atoms with Gasteiger partial charge in [-0.2, -0.15) is 0 Å². The van der Waals surface area contributed by atoms with E-state index in [2.05, 4.69) is 34.6 Å². The highest BCUT2D eigenvalue weighted by Gasteiger charge is 2.17. The molecule has 0 unspecified atom stereocenters. The number of hydrogen-bond acceptors (Lipinski definition) is 3. The maximum Gasteiger partial charge on any atom is 0.123 e. The summed E-state index contributed by atoms with van der Waals surface area (Å²) in [4.78, 5) is 4.08. The maximum atomic E-state index is 5.45. The minimum absolute atomic E-state index is 0.886. The Morgan fingerprint density at radius 3 is 2.72 bits per heavy atom. The first-order chi connectivity index (χ1) is 8.90. The van der Waals surface area contributed by atoms with Crippen molar-refractivity contribution in [2.45, 2.75) is 13.0 Å². The second-order valence-corrected chi connectivity index (χ2v) is 4.44. The monoisotopic (exact) mass is 240 g/mol. The van der Waals surface area contributed by atoms with E-state index in [1.165, 1.54) is 22.3 Å². The molecule has 1 aliphatic rings. The number of nitrogens with one attached hydrogen (secondary N) is 1. The van der Waals surface area contributed by atoms with Crippen LogP contribution in [0.25, 0.3) is 11.1 Å². The van der Waals surface area contributed by atoms with Crippen molar-refractivity contribution < 1.29 is 4.74 Å². The van der Waals surface area contributed by atoms with Crippen LogP contribution in [0.15, 0.2) is 36.7 Å². The summed E-state index contributed by atoms with van der Waals surface area (Å²) < 4.78 is 5.45. The van der Waals surface area contributed by atoms with Crippen molar-refractivity contribution in [3.8, 4) is 16.9 Å². The van der Waals surface area contributed by atoms with Crippen molar-refractivity contribution in [3.63, 3.8) is 0 Å². The van der Waals surface area contributed by atoms with Gasteiger partial charge in [0.05, 0.1) is 7.11 Å². The van der Waals surface area contributed by atoms with E-state index in [-0.39, 0.29) is 0 Å². The second kappa shape index (κ2) is 4.78. The number of methoxy groups -OCH3 is 1. The summed E-state index contributed by atoms with van der Waals surface area (Å²) >= 11 is 0. The molecule has 0 radical (unpaired) electrons. The lowest BCUT2D eigenvalue weighted by molar-refractivity contribution is 0.405. The van der Waals surface area contributed by atoms with Crippen molar-refractivity contribution in [3.05, 3.63) is 47.8 Å². The second-order valence-electron chi connectivity index (χ2n) is 4.44. The Hall–Kier alpha value is -1.87. The van der Waals surface area contributed by atoms with Gasteiger partial charge in [0.1, 0.15) is 5.75 Å². The summed E-state index contributed by atoms with van der Waals surface area (Å²) in [6.45, 7) is 1.91. The van der Waals surface area contributed by atoms with Crippen LogP contribution >= 0.6 is 0 Å². The predicted molar refractivity (Wildman–Crippen MR) is 71.6 cm³/mol. The summed E-state index contributed by atoms with van der Waals surface area (Å²) in [5, 5.41) is 3.40. The predicted octanol–water partition coefficient (Wildman–Crippen LogP) is 2.40. The van der Waals surface area contributed by atoms with Gasteiger partial charge < -0.3 is 10.1 Å². The van der Waals surface area contributed by atoms with Crippen molar-refractivity contribution in [2.75, 3.05) is 13.7 Å². The van der Waals surface area contributed by atoms with Crippen molar-refractivity contribution in [2.24, 2.45) is 0 Å². The quantitative estimate of drug-likeness (QED) is 0.875. The molecule has 0 bridgehead atoms. The normalized spacial score (nSPS) is 14.1. The third-order valence-electron chi connectivity index (χ3n) is 3.45. The van der Waals surface area contributed by atoms with Gasteiger partial charge >= 0.3 is 0 Å². The van der Waals surface area contributed by atoms with E-state index in [0.29, 0.717) is 0 Å². The Bertz CT molecular complexity index is 552. The number of benzene rings is 1. The summed E-state index contributed by atoms with van der Waals surface area (Å²) in [6.07, 6.45) is 4.73. The molecule has 0 saturated carbocycles. The highest BCUT2D eigenvalue weighted by Crippen LogP contribution is 2.33. The molecule has 18 heavy (non-hydrogen) atoms. The van der Waals surface area contributed by atoms with E-state index in [9.17, 15) is 0 Å². The Labute approximate surface area is 107 Å². The molecule has 0 saturated heterocycles. The van der Waals surface area contributed by atoms with Crippen LogP contribution in [0.5, 0.6) is 5.75 Å². The van der Waals surface area contributed by atoms with Crippen LogP contribution in [0.1, 0.15) is 11.1 Å². The van der Waals surface area contributed by atoms with Crippen molar-refractivity contribution >= 4 is 0 Å². The number of ether oxygens (including phenoxy) is 1. The summed E-state index contributed by atoms with van der Waals surface area (Å²) in [6, 6.07) is 8.33. The van der Waals surface area contributed by atoms with Crippen LogP contribution in [0.2, 0.25) is 0 Å². The Balaban J connectivity index is 2.17. The fraction of sp³-hybridized carbons (Fsp3) is 0.267. The molecule has 0 fully saturated rings. The summed E-state index contributed by atoms with van der Waals surface area (Å²) in [7, 11) is 1.73. The van der Waals surface area contributed by atoms with Crippen LogP contribution < -0.4 is 10.1 Å². The number of hydrogen-bond donors (Lipinski definition) is 1. The molecule has 0 spiro atoms. The lowest BCUT2D eigenvalue weighted by Gasteiger charge is -2.23. The molecule has 0 atom stereocenters. The number of nitrogens with zero attached hydrogens (tertiary/aromatic N) is 1. The summed E-state index contributed by atoms with van der Waals surface area (Å²) in [5.74, 6) is 0.981. The first kappa shape index (κ1) is 11.2. The molecule has 0 aliphatic carbocycles. The molecule has 1 aromatic heterocycles. The fourth-order valence-electron chi connectivity index (χ4n) is 2.57. The molecule has 1 aromatic carbocycles. The van der Waals surface area contributed by atoms with Crippen LogP contribution in [0.4, 0.5) is 0 Å². The van der Waals surface area contributed by atoms with Gasteiger partial charge in [-0.25, -0.2) is 0 Å². The van der Waals surface area contributed by atoms with E-state index < -0.39 is 0 Å². The van der Waals surface area contributed by atoms with Crippen LogP contribution in [0, 0.1) is 0 Å². The van der Waals surface area contributed by atoms with E-state index in [4.69, 9.17) is 4.74 Å². The Morgan fingerprint density at radius 2 is 1.94 bits per heavy atom. The molecule has 1 aliphatic heterocycles. The molecular weight excluding hydrogens is 224 g/mol. The topological polar surface area (TPSA) is 34.1 Å². The van der Waals surface area contributed by atoms with E-state index in [0.717, 1.165) is 25.3 Å². The van der Waals surface area contributed by atoms with E-state index >= 15 is 0 Å². The third-order valence-corrected chi connectivity index (χ3v) is 3.45. The van der Waals surface area contributed by atoms with Crippen molar-refractivity contribution in [1.82, 2.24) is 10.3 Å². The Morgan fingerprint density at radius 1 is 1.11 bits per heavy atom. The standard InChI is InChI=1S/C15H16N2O/c1-18-15-3-2-12(11-4-7-16-8-5-11)13-6-9-17-10-14(13)15/h2-5,7-8,17H,6,9-10H2,1H3. The SMILES string of the molecule is COc1ccc(-c2ccncc2)c2c1CNCC2. The molecule has 2 aromatic rings. The number of fused-ring (bicyclic) bond motifs is 1.